The number of fused-ring (bicyclic) bond motifs is 5. The van der Waals surface area contributed by atoms with Crippen molar-refractivity contribution in [3.63, 3.8) is 0 Å². The lowest BCUT2D eigenvalue weighted by Crippen LogP contribution is -2.58. The molecule has 8 heteroatoms. The Labute approximate surface area is 217 Å². The van der Waals surface area contributed by atoms with Gasteiger partial charge in [-0.3, -0.25) is 4.79 Å². The molecule has 36 heavy (non-hydrogen) atoms. The van der Waals surface area contributed by atoms with Gasteiger partial charge in [-0.25, -0.2) is 8.42 Å². The van der Waals surface area contributed by atoms with E-state index in [9.17, 15) is 28.0 Å². The summed E-state index contributed by atoms with van der Waals surface area (Å²) in [5, 5.41) is 24.7. The molecule has 4 fully saturated rings. The molecule has 0 radical (unpaired) electrons. The van der Waals surface area contributed by atoms with Gasteiger partial charge in [-0.05, 0) is 118 Å². The third-order valence-corrected chi connectivity index (χ3v) is 12.4. The number of aliphatic hydroxyl groups excluding tert-OH is 2. The number of rotatable bonds is 7. The van der Waals surface area contributed by atoms with Gasteiger partial charge in [0.2, 0.25) is 5.91 Å². The van der Waals surface area contributed by atoms with Crippen LogP contribution < -0.4 is 5.32 Å². The summed E-state index contributed by atoms with van der Waals surface area (Å²) >= 11 is 0. The Bertz CT molecular complexity index is 936. The van der Waals surface area contributed by atoms with Gasteiger partial charge in [-0.15, -0.1) is 0 Å². The fourth-order valence-corrected chi connectivity index (χ4v) is 10.6. The minimum atomic E-state index is -4.43. The average Bonchev–Trinajstić information content (AvgIpc) is 3.10. The summed E-state index contributed by atoms with van der Waals surface area (Å²) in [4.78, 5) is 12.6. The SMILES string of the molecule is C[C@H](CCC(=O)NC(C)(C)CS(=O)(=O)[O-])[C@H]1CC[C@H]2[C@@H]3CC[C@@H]4C[C@H](O)CC[C@]4(C)[C@H]3C[C@H](O)[C@]12C. The second-order valence-corrected chi connectivity index (χ2v) is 15.4. The summed E-state index contributed by atoms with van der Waals surface area (Å²) in [6.07, 6.45) is 8.75. The quantitative estimate of drug-likeness (QED) is 0.433. The summed E-state index contributed by atoms with van der Waals surface area (Å²) in [6, 6.07) is 0. The van der Waals surface area contributed by atoms with Gasteiger partial charge in [-0.2, -0.15) is 0 Å². The zero-order valence-corrected chi connectivity index (χ0v) is 23.6. The first-order chi connectivity index (χ1) is 16.6. The van der Waals surface area contributed by atoms with Crippen molar-refractivity contribution in [2.75, 3.05) is 5.75 Å². The highest BCUT2D eigenvalue weighted by Crippen LogP contribution is 2.68. The topological polar surface area (TPSA) is 127 Å². The Hall–Kier alpha value is -0.700. The maximum Gasteiger partial charge on any atom is 0.220 e. The molecule has 4 aliphatic carbocycles. The fourth-order valence-electron chi connectivity index (χ4n) is 9.64. The standard InChI is InChI=1S/C28H49NO6S/c1-17(6-11-25(32)29-26(2,3)16-36(33,34)35)21-9-10-22-20-8-7-18-14-19(30)12-13-27(18,4)23(20)15-24(31)28(21,22)5/h17-24,30-31H,6-16H2,1-5H3,(H,29,32)(H,33,34,35)/p-1/t17-,18-,19-,20+,21-,22+,23+,24+,27+,28-/m1/s1. The van der Waals surface area contributed by atoms with E-state index in [1.165, 1.54) is 12.8 Å². The molecule has 3 N–H and O–H groups in total. The molecule has 208 valence electrons. The number of hydrogen-bond acceptors (Lipinski definition) is 6. The van der Waals surface area contributed by atoms with Crippen LogP contribution in [0.1, 0.15) is 98.8 Å². The highest BCUT2D eigenvalue weighted by molar-refractivity contribution is 7.85. The van der Waals surface area contributed by atoms with Gasteiger partial charge >= 0.3 is 0 Å². The van der Waals surface area contributed by atoms with Crippen molar-refractivity contribution in [2.45, 2.75) is 117 Å². The van der Waals surface area contributed by atoms with Gasteiger partial charge in [0, 0.05) is 12.0 Å². The van der Waals surface area contributed by atoms with E-state index >= 15 is 0 Å². The molecule has 0 aromatic carbocycles. The monoisotopic (exact) mass is 526 g/mol. The molecule has 4 saturated carbocycles. The summed E-state index contributed by atoms with van der Waals surface area (Å²) in [6.45, 7) is 10.0. The van der Waals surface area contributed by atoms with Gasteiger partial charge in [0.05, 0.1) is 28.1 Å². The third kappa shape index (κ3) is 5.26. The molecule has 7 nitrogen and oxygen atoms in total. The first kappa shape index (κ1) is 28.3. The second kappa shape index (κ2) is 9.80. The molecular formula is C28H48NO6S-. The Morgan fingerprint density at radius 3 is 2.44 bits per heavy atom. The molecule has 1 amide bonds. The van der Waals surface area contributed by atoms with E-state index in [4.69, 9.17) is 0 Å². The zero-order valence-electron chi connectivity index (χ0n) is 22.8. The Balaban J connectivity index is 1.41. The van der Waals surface area contributed by atoms with Gasteiger partial charge in [0.1, 0.15) is 0 Å². The van der Waals surface area contributed by atoms with Gasteiger partial charge < -0.3 is 20.1 Å². The van der Waals surface area contributed by atoms with Gasteiger partial charge in [0.25, 0.3) is 0 Å². The summed E-state index contributed by atoms with van der Waals surface area (Å²) in [7, 11) is -4.43. The molecule has 10 atom stereocenters. The number of carbonyl (C=O) groups excluding carboxylic acids is 1. The summed E-state index contributed by atoms with van der Waals surface area (Å²) in [5.41, 5.74) is -1.02. The van der Waals surface area contributed by atoms with E-state index in [1.807, 2.05) is 0 Å². The molecule has 0 saturated heterocycles. The molecule has 0 aliphatic heterocycles. The van der Waals surface area contributed by atoms with E-state index in [-0.39, 0.29) is 41.3 Å². The molecule has 0 aromatic rings. The molecule has 0 heterocycles. The highest BCUT2D eigenvalue weighted by Gasteiger charge is 2.63. The van der Waals surface area contributed by atoms with Crippen molar-refractivity contribution >= 4 is 16.0 Å². The lowest BCUT2D eigenvalue weighted by atomic mass is 9.43. The molecule has 0 bridgehead atoms. The van der Waals surface area contributed by atoms with Crippen LogP contribution in [0.5, 0.6) is 0 Å². The van der Waals surface area contributed by atoms with E-state index < -0.39 is 21.4 Å². The molecule has 0 unspecified atom stereocenters. The predicted molar refractivity (Wildman–Crippen MR) is 138 cm³/mol. The first-order valence-corrected chi connectivity index (χ1v) is 15.8. The largest absolute Gasteiger partial charge is 0.748 e. The minimum absolute atomic E-state index is 0.148. The lowest BCUT2D eigenvalue weighted by Gasteiger charge is -2.62. The normalized spacial score (nSPS) is 43.7. The predicted octanol–water partition coefficient (Wildman–Crippen LogP) is 3.83. The van der Waals surface area contributed by atoms with Crippen LogP contribution in [0.3, 0.4) is 0 Å². The van der Waals surface area contributed by atoms with Crippen molar-refractivity contribution in [1.29, 1.82) is 0 Å². The number of carbonyl (C=O) groups is 1. The van der Waals surface area contributed by atoms with Gasteiger partial charge in [-0.1, -0.05) is 20.8 Å². The van der Waals surface area contributed by atoms with Crippen molar-refractivity contribution in [2.24, 2.45) is 46.3 Å². The highest BCUT2D eigenvalue weighted by atomic mass is 32.2. The first-order valence-electron chi connectivity index (χ1n) is 14.2. The smallest absolute Gasteiger partial charge is 0.220 e. The van der Waals surface area contributed by atoms with Crippen molar-refractivity contribution in [3.8, 4) is 0 Å². The maximum atomic E-state index is 12.6. The average molecular weight is 527 g/mol. The number of nitrogens with one attached hydrogen (secondary N) is 1. The Morgan fingerprint density at radius 1 is 1.08 bits per heavy atom. The van der Waals surface area contributed by atoms with E-state index in [2.05, 4.69) is 26.1 Å². The maximum absolute atomic E-state index is 12.6. The minimum Gasteiger partial charge on any atom is -0.748 e. The van der Waals surface area contributed by atoms with Crippen LogP contribution in [0.15, 0.2) is 0 Å². The van der Waals surface area contributed by atoms with Crippen LogP contribution in [0.25, 0.3) is 0 Å². The van der Waals surface area contributed by atoms with Crippen molar-refractivity contribution in [1.82, 2.24) is 5.32 Å². The summed E-state index contributed by atoms with van der Waals surface area (Å²) in [5.74, 6) is 1.97. The van der Waals surface area contributed by atoms with Crippen LogP contribution in [0.4, 0.5) is 0 Å². The molecule has 0 aromatic heterocycles. The Kier molecular flexibility index (Phi) is 7.71. The fraction of sp³-hybridized carbons (Fsp3) is 0.964. The number of amides is 1. The van der Waals surface area contributed by atoms with Crippen LogP contribution in [-0.2, 0) is 14.9 Å². The molecule has 4 rings (SSSR count). The number of hydrogen-bond donors (Lipinski definition) is 3. The van der Waals surface area contributed by atoms with Crippen molar-refractivity contribution in [3.05, 3.63) is 0 Å². The Morgan fingerprint density at radius 2 is 1.78 bits per heavy atom. The molecule has 4 aliphatic rings. The van der Waals surface area contributed by atoms with Gasteiger partial charge in [0.15, 0.2) is 0 Å². The van der Waals surface area contributed by atoms with Crippen LogP contribution in [0.2, 0.25) is 0 Å². The van der Waals surface area contributed by atoms with Crippen LogP contribution >= 0.6 is 0 Å². The molecular weight excluding hydrogens is 478 g/mol. The number of aliphatic hydroxyl groups is 2. The van der Waals surface area contributed by atoms with E-state index in [0.717, 1.165) is 38.5 Å². The second-order valence-electron chi connectivity index (χ2n) is 14.0. The van der Waals surface area contributed by atoms with Crippen LogP contribution in [-0.4, -0.2) is 52.6 Å². The third-order valence-electron chi connectivity index (χ3n) is 11.3. The van der Waals surface area contributed by atoms with E-state index in [0.29, 0.717) is 36.0 Å². The van der Waals surface area contributed by atoms with Crippen molar-refractivity contribution < 1.29 is 28.0 Å². The zero-order chi connectivity index (χ0) is 26.7. The lowest BCUT2D eigenvalue weighted by molar-refractivity contribution is -0.175. The van der Waals surface area contributed by atoms with E-state index in [1.54, 1.807) is 13.8 Å². The van der Waals surface area contributed by atoms with Crippen LogP contribution in [0, 0.1) is 46.3 Å². The molecule has 0 spiro atoms. The summed E-state index contributed by atoms with van der Waals surface area (Å²) < 4.78 is 33.4.